The van der Waals surface area contributed by atoms with Crippen LogP contribution in [0.2, 0.25) is 0 Å². The largest absolute Gasteiger partial charge is 0.366 e. The van der Waals surface area contributed by atoms with E-state index in [-0.39, 0.29) is 11.8 Å². The summed E-state index contributed by atoms with van der Waals surface area (Å²) in [4.78, 5) is 22.7. The lowest BCUT2D eigenvalue weighted by Gasteiger charge is -2.17. The van der Waals surface area contributed by atoms with Crippen LogP contribution in [0, 0.1) is 5.92 Å². The van der Waals surface area contributed by atoms with E-state index in [1.807, 2.05) is 13.8 Å². The Kier molecular flexibility index (Phi) is 5.51. The van der Waals surface area contributed by atoms with Gasteiger partial charge in [0.25, 0.3) is 0 Å². The molecule has 0 aliphatic carbocycles. The first-order valence-electron chi connectivity index (χ1n) is 6.37. The SMILES string of the molecule is CCC(C)C(N)C(=O)NCc1ccc(C(N)=O)cc1. The minimum absolute atomic E-state index is 0.150. The number of primary amides is 1. The molecule has 1 rings (SSSR count). The van der Waals surface area contributed by atoms with Gasteiger partial charge in [0.2, 0.25) is 11.8 Å². The molecule has 5 N–H and O–H groups in total. The average Bonchev–Trinajstić information content (AvgIpc) is 2.43. The first-order valence-corrected chi connectivity index (χ1v) is 6.37. The van der Waals surface area contributed by atoms with Crippen LogP contribution in [0.15, 0.2) is 24.3 Å². The summed E-state index contributed by atoms with van der Waals surface area (Å²) in [5.41, 5.74) is 12.3. The third kappa shape index (κ3) is 4.37. The number of carbonyl (C=O) groups excluding carboxylic acids is 2. The molecular weight excluding hydrogens is 242 g/mol. The van der Waals surface area contributed by atoms with E-state index in [4.69, 9.17) is 11.5 Å². The lowest BCUT2D eigenvalue weighted by molar-refractivity contribution is -0.123. The van der Waals surface area contributed by atoms with Gasteiger partial charge in [0.05, 0.1) is 6.04 Å². The summed E-state index contributed by atoms with van der Waals surface area (Å²) in [6.07, 6.45) is 0.863. The summed E-state index contributed by atoms with van der Waals surface area (Å²) >= 11 is 0. The summed E-state index contributed by atoms with van der Waals surface area (Å²) in [5, 5.41) is 2.78. The van der Waals surface area contributed by atoms with Gasteiger partial charge in [0.15, 0.2) is 0 Å². The second kappa shape index (κ2) is 6.89. The van der Waals surface area contributed by atoms with E-state index >= 15 is 0 Å². The molecule has 0 aliphatic rings. The van der Waals surface area contributed by atoms with Crippen LogP contribution in [0.25, 0.3) is 0 Å². The lowest BCUT2D eigenvalue weighted by Crippen LogP contribution is -2.44. The van der Waals surface area contributed by atoms with E-state index in [9.17, 15) is 9.59 Å². The van der Waals surface area contributed by atoms with Crippen LogP contribution in [0.3, 0.4) is 0 Å². The van der Waals surface area contributed by atoms with Crippen molar-refractivity contribution in [1.29, 1.82) is 0 Å². The van der Waals surface area contributed by atoms with E-state index < -0.39 is 11.9 Å². The van der Waals surface area contributed by atoms with Crippen LogP contribution >= 0.6 is 0 Å². The van der Waals surface area contributed by atoms with Gasteiger partial charge in [0, 0.05) is 12.1 Å². The monoisotopic (exact) mass is 263 g/mol. The average molecular weight is 263 g/mol. The van der Waals surface area contributed by atoms with E-state index in [0.717, 1.165) is 12.0 Å². The number of nitrogens with one attached hydrogen (secondary N) is 1. The maximum atomic E-state index is 11.8. The molecule has 0 heterocycles. The third-order valence-corrected chi connectivity index (χ3v) is 3.26. The second-order valence-corrected chi connectivity index (χ2v) is 4.69. The van der Waals surface area contributed by atoms with Gasteiger partial charge < -0.3 is 16.8 Å². The molecule has 0 bridgehead atoms. The van der Waals surface area contributed by atoms with Gasteiger partial charge in [-0.25, -0.2) is 0 Å². The van der Waals surface area contributed by atoms with Gasteiger partial charge in [0.1, 0.15) is 0 Å². The summed E-state index contributed by atoms with van der Waals surface area (Å²) in [6.45, 7) is 4.34. The maximum absolute atomic E-state index is 11.8. The Bertz CT molecular complexity index is 443. The Balaban J connectivity index is 2.52. The molecule has 2 amide bonds. The third-order valence-electron chi connectivity index (χ3n) is 3.26. The zero-order valence-corrected chi connectivity index (χ0v) is 11.3. The van der Waals surface area contributed by atoms with Gasteiger partial charge in [-0.1, -0.05) is 32.4 Å². The molecule has 0 aliphatic heterocycles. The Labute approximate surface area is 113 Å². The first-order chi connectivity index (χ1) is 8.95. The first kappa shape index (κ1) is 15.2. The van der Waals surface area contributed by atoms with Crippen LogP contribution in [0.5, 0.6) is 0 Å². The van der Waals surface area contributed by atoms with Crippen molar-refractivity contribution in [1.82, 2.24) is 5.32 Å². The maximum Gasteiger partial charge on any atom is 0.248 e. The van der Waals surface area contributed by atoms with E-state index in [1.54, 1.807) is 24.3 Å². The standard InChI is InChI=1S/C14H21N3O2/c1-3-9(2)12(15)14(19)17-8-10-4-6-11(7-5-10)13(16)18/h4-7,9,12H,3,8,15H2,1-2H3,(H2,16,18)(H,17,19). The highest BCUT2D eigenvalue weighted by atomic mass is 16.2. The molecule has 5 nitrogen and oxygen atoms in total. The van der Waals surface area contributed by atoms with Crippen LogP contribution in [0.1, 0.15) is 36.2 Å². The van der Waals surface area contributed by atoms with Crippen molar-refractivity contribution in [2.75, 3.05) is 0 Å². The van der Waals surface area contributed by atoms with Gasteiger partial charge in [-0.3, -0.25) is 9.59 Å². The predicted molar refractivity (Wildman–Crippen MR) is 74.2 cm³/mol. The summed E-state index contributed by atoms with van der Waals surface area (Å²) < 4.78 is 0. The van der Waals surface area contributed by atoms with Crippen LogP contribution in [-0.2, 0) is 11.3 Å². The molecular formula is C14H21N3O2. The highest BCUT2D eigenvalue weighted by molar-refractivity contribution is 5.92. The van der Waals surface area contributed by atoms with Gasteiger partial charge in [-0.2, -0.15) is 0 Å². The molecule has 2 unspecified atom stereocenters. The molecule has 1 aromatic rings. The normalized spacial score (nSPS) is 13.6. The van der Waals surface area contributed by atoms with E-state index in [1.165, 1.54) is 0 Å². The summed E-state index contributed by atoms with van der Waals surface area (Å²) in [7, 11) is 0. The van der Waals surface area contributed by atoms with Gasteiger partial charge in [-0.05, 0) is 23.6 Å². The number of carbonyl (C=O) groups is 2. The molecule has 2 atom stereocenters. The molecule has 104 valence electrons. The number of amides is 2. The second-order valence-electron chi connectivity index (χ2n) is 4.69. The topological polar surface area (TPSA) is 98.2 Å². The Morgan fingerprint density at radius 2 is 1.84 bits per heavy atom. The zero-order chi connectivity index (χ0) is 14.4. The van der Waals surface area contributed by atoms with Crippen LogP contribution in [-0.4, -0.2) is 17.9 Å². The number of nitrogens with two attached hydrogens (primary N) is 2. The van der Waals surface area contributed by atoms with Crippen LogP contribution < -0.4 is 16.8 Å². The molecule has 1 aromatic carbocycles. The highest BCUT2D eigenvalue weighted by Gasteiger charge is 2.18. The van der Waals surface area contributed by atoms with Crippen molar-refractivity contribution in [3.05, 3.63) is 35.4 Å². The van der Waals surface area contributed by atoms with Crippen molar-refractivity contribution in [2.24, 2.45) is 17.4 Å². The minimum atomic E-state index is -0.491. The van der Waals surface area contributed by atoms with Crippen molar-refractivity contribution in [3.63, 3.8) is 0 Å². The highest BCUT2D eigenvalue weighted by Crippen LogP contribution is 2.07. The fourth-order valence-corrected chi connectivity index (χ4v) is 1.61. The van der Waals surface area contributed by atoms with Crippen molar-refractivity contribution in [3.8, 4) is 0 Å². The molecule has 19 heavy (non-hydrogen) atoms. The van der Waals surface area contributed by atoms with Crippen molar-refractivity contribution >= 4 is 11.8 Å². The number of hydrogen-bond donors (Lipinski definition) is 3. The predicted octanol–water partition coefficient (Wildman–Crippen LogP) is 0.775. The fraction of sp³-hybridized carbons (Fsp3) is 0.429. The summed E-state index contributed by atoms with van der Waals surface area (Å²) in [6, 6.07) is 6.30. The molecule has 0 spiro atoms. The Morgan fingerprint density at radius 1 is 1.26 bits per heavy atom. The van der Waals surface area contributed by atoms with Crippen molar-refractivity contribution < 1.29 is 9.59 Å². The molecule has 0 saturated carbocycles. The minimum Gasteiger partial charge on any atom is -0.366 e. The fourth-order valence-electron chi connectivity index (χ4n) is 1.61. The molecule has 5 heteroatoms. The zero-order valence-electron chi connectivity index (χ0n) is 11.3. The number of benzene rings is 1. The molecule has 0 saturated heterocycles. The molecule has 0 fully saturated rings. The van der Waals surface area contributed by atoms with E-state index in [2.05, 4.69) is 5.32 Å². The lowest BCUT2D eigenvalue weighted by atomic mass is 9.99. The van der Waals surface area contributed by atoms with Gasteiger partial charge >= 0.3 is 0 Å². The van der Waals surface area contributed by atoms with Gasteiger partial charge in [-0.15, -0.1) is 0 Å². The Hall–Kier alpha value is -1.88. The summed E-state index contributed by atoms with van der Waals surface area (Å²) in [5.74, 6) is -0.472. The molecule has 0 aromatic heterocycles. The number of rotatable bonds is 6. The van der Waals surface area contributed by atoms with Crippen molar-refractivity contribution in [2.45, 2.75) is 32.9 Å². The Morgan fingerprint density at radius 3 is 2.32 bits per heavy atom. The number of hydrogen-bond acceptors (Lipinski definition) is 3. The quantitative estimate of drug-likeness (QED) is 0.707. The van der Waals surface area contributed by atoms with Crippen LogP contribution in [0.4, 0.5) is 0 Å². The smallest absolute Gasteiger partial charge is 0.248 e. The van der Waals surface area contributed by atoms with E-state index in [0.29, 0.717) is 12.1 Å². The molecule has 0 radical (unpaired) electrons.